The van der Waals surface area contributed by atoms with Crippen LogP contribution >= 0.6 is 0 Å². The van der Waals surface area contributed by atoms with Gasteiger partial charge in [0.05, 0.1) is 12.3 Å². The summed E-state index contributed by atoms with van der Waals surface area (Å²) in [6, 6.07) is 4.03. The lowest BCUT2D eigenvalue weighted by atomic mass is 10.3. The molecule has 2 rings (SSSR count). The summed E-state index contributed by atoms with van der Waals surface area (Å²) in [5.74, 6) is -1.35. The summed E-state index contributed by atoms with van der Waals surface area (Å²) in [6.07, 6.45) is 3.09. The maximum Gasteiger partial charge on any atom is 0.207 e. The quantitative estimate of drug-likeness (QED) is 0.905. The molecule has 1 N–H and O–H groups in total. The number of benzene rings is 1. The van der Waals surface area contributed by atoms with Crippen molar-refractivity contribution in [2.24, 2.45) is 0 Å². The molecule has 0 bridgehead atoms. The van der Waals surface area contributed by atoms with Crippen LogP contribution < -0.4 is 5.32 Å². The molecular weight excluding hydrogens is 252 g/mol. The summed E-state index contributed by atoms with van der Waals surface area (Å²) in [5, 5.41) is 3.07. The highest BCUT2D eigenvalue weighted by molar-refractivity contribution is 5.43. The van der Waals surface area contributed by atoms with E-state index in [0.29, 0.717) is 12.6 Å². The van der Waals surface area contributed by atoms with Crippen molar-refractivity contribution in [3.8, 4) is 5.69 Å². The fourth-order valence-corrected chi connectivity index (χ4v) is 1.80. The lowest BCUT2D eigenvalue weighted by Gasteiger charge is -2.15. The number of nitrogens with one attached hydrogen (secondary N) is 1. The minimum Gasteiger partial charge on any atom is -0.383 e. The zero-order valence-electron chi connectivity index (χ0n) is 10.7. The Kier molecular flexibility index (Phi) is 4.11. The van der Waals surface area contributed by atoms with E-state index in [1.165, 1.54) is 22.9 Å². The van der Waals surface area contributed by atoms with Crippen molar-refractivity contribution < 1.29 is 13.5 Å². The molecule has 1 aromatic heterocycles. The van der Waals surface area contributed by atoms with Crippen molar-refractivity contribution in [2.45, 2.75) is 13.0 Å². The van der Waals surface area contributed by atoms with Crippen LogP contribution in [0, 0.1) is 11.6 Å². The van der Waals surface area contributed by atoms with E-state index in [-0.39, 0.29) is 11.7 Å². The van der Waals surface area contributed by atoms with Gasteiger partial charge in [-0.25, -0.2) is 13.8 Å². The van der Waals surface area contributed by atoms with E-state index in [1.54, 1.807) is 13.3 Å². The lowest BCUT2D eigenvalue weighted by Crippen LogP contribution is -2.23. The third kappa shape index (κ3) is 2.90. The van der Waals surface area contributed by atoms with Crippen LogP contribution in [0.5, 0.6) is 0 Å². The van der Waals surface area contributed by atoms with Gasteiger partial charge in [-0.2, -0.15) is 0 Å². The molecule has 4 nitrogen and oxygen atoms in total. The molecule has 6 heteroatoms. The van der Waals surface area contributed by atoms with Gasteiger partial charge < -0.3 is 10.1 Å². The van der Waals surface area contributed by atoms with Gasteiger partial charge in [0.1, 0.15) is 0 Å². The molecule has 0 amide bonds. The zero-order chi connectivity index (χ0) is 13.8. The Labute approximate surface area is 110 Å². The topological polar surface area (TPSA) is 39.1 Å². The fourth-order valence-electron chi connectivity index (χ4n) is 1.80. The Bertz CT molecular complexity index is 557. The van der Waals surface area contributed by atoms with Crippen LogP contribution in [0.4, 0.5) is 14.7 Å². The highest BCUT2D eigenvalue weighted by Gasteiger charge is 2.13. The number of imidazole rings is 1. The van der Waals surface area contributed by atoms with E-state index >= 15 is 0 Å². The smallest absolute Gasteiger partial charge is 0.207 e. The lowest BCUT2D eigenvalue weighted by molar-refractivity contribution is 0.190. The summed E-state index contributed by atoms with van der Waals surface area (Å²) >= 11 is 0. The van der Waals surface area contributed by atoms with Gasteiger partial charge in [0.15, 0.2) is 11.6 Å². The minimum absolute atomic E-state index is 0.00257. The highest BCUT2D eigenvalue weighted by atomic mass is 19.2. The molecule has 0 saturated heterocycles. The van der Waals surface area contributed by atoms with E-state index in [4.69, 9.17) is 4.74 Å². The van der Waals surface area contributed by atoms with Crippen molar-refractivity contribution in [3.63, 3.8) is 0 Å². The number of ether oxygens (including phenoxy) is 1. The molecule has 0 fully saturated rings. The number of hydrogen-bond donors (Lipinski definition) is 1. The first-order valence-corrected chi connectivity index (χ1v) is 5.86. The van der Waals surface area contributed by atoms with E-state index in [2.05, 4.69) is 10.3 Å². The standard InChI is InChI=1S/C13H15F2N3O/c1-9(8-19-2)17-13-16-6-7-18(13)11-5-3-4-10(14)12(11)15/h3-7,9H,8H2,1-2H3,(H,16,17). The van der Waals surface area contributed by atoms with E-state index in [9.17, 15) is 8.78 Å². The maximum atomic E-state index is 13.8. The number of aromatic nitrogens is 2. The predicted molar refractivity (Wildman–Crippen MR) is 68.4 cm³/mol. The SMILES string of the molecule is COCC(C)Nc1nccn1-c1cccc(F)c1F. The van der Waals surface area contributed by atoms with Gasteiger partial charge in [-0.1, -0.05) is 6.07 Å². The third-order valence-corrected chi connectivity index (χ3v) is 2.62. The fraction of sp³-hybridized carbons (Fsp3) is 0.308. The molecule has 0 spiro atoms. The first-order valence-electron chi connectivity index (χ1n) is 5.86. The first-order chi connectivity index (χ1) is 9.13. The molecular formula is C13H15F2N3O. The number of hydrogen-bond acceptors (Lipinski definition) is 3. The summed E-state index contributed by atoms with van der Waals surface area (Å²) in [6.45, 7) is 2.39. The summed E-state index contributed by atoms with van der Waals surface area (Å²) in [5.41, 5.74) is 0.115. The first kappa shape index (κ1) is 13.5. The number of anilines is 1. The second-order valence-corrected chi connectivity index (χ2v) is 4.19. The molecule has 1 atom stereocenters. The van der Waals surface area contributed by atoms with Gasteiger partial charge >= 0.3 is 0 Å². The zero-order valence-corrected chi connectivity index (χ0v) is 10.7. The minimum atomic E-state index is -0.900. The van der Waals surface area contributed by atoms with Gasteiger partial charge in [-0.15, -0.1) is 0 Å². The molecule has 1 heterocycles. The van der Waals surface area contributed by atoms with Gasteiger partial charge in [-0.3, -0.25) is 4.57 Å². The van der Waals surface area contributed by atoms with Crippen molar-refractivity contribution in [3.05, 3.63) is 42.2 Å². The molecule has 0 aliphatic rings. The maximum absolute atomic E-state index is 13.8. The van der Waals surface area contributed by atoms with Crippen LogP contribution in [-0.4, -0.2) is 29.3 Å². The van der Waals surface area contributed by atoms with Crippen LogP contribution in [0.2, 0.25) is 0 Å². The van der Waals surface area contributed by atoms with Gasteiger partial charge in [-0.05, 0) is 19.1 Å². The number of halogens is 2. The molecule has 0 saturated carbocycles. The molecule has 19 heavy (non-hydrogen) atoms. The molecule has 0 aliphatic carbocycles. The third-order valence-electron chi connectivity index (χ3n) is 2.62. The normalized spacial score (nSPS) is 12.4. The Balaban J connectivity index is 2.31. The predicted octanol–water partition coefficient (Wildman–Crippen LogP) is 2.60. The second kappa shape index (κ2) is 5.79. The van der Waals surface area contributed by atoms with Crippen LogP contribution in [0.1, 0.15) is 6.92 Å². The summed E-state index contributed by atoms with van der Waals surface area (Å²) < 4.78 is 33.5. The van der Waals surface area contributed by atoms with E-state index in [0.717, 1.165) is 6.07 Å². The Morgan fingerprint density at radius 1 is 1.42 bits per heavy atom. The van der Waals surface area contributed by atoms with Crippen LogP contribution in [0.3, 0.4) is 0 Å². The van der Waals surface area contributed by atoms with E-state index in [1.807, 2.05) is 6.92 Å². The van der Waals surface area contributed by atoms with Crippen molar-refractivity contribution in [1.82, 2.24) is 9.55 Å². The summed E-state index contributed by atoms with van der Waals surface area (Å²) in [4.78, 5) is 4.09. The van der Waals surface area contributed by atoms with Crippen molar-refractivity contribution >= 4 is 5.95 Å². The van der Waals surface area contributed by atoms with Crippen molar-refractivity contribution in [1.29, 1.82) is 0 Å². The molecule has 1 unspecified atom stereocenters. The molecule has 2 aromatic rings. The Morgan fingerprint density at radius 2 is 2.21 bits per heavy atom. The van der Waals surface area contributed by atoms with Crippen LogP contribution in [-0.2, 0) is 4.74 Å². The van der Waals surface area contributed by atoms with Gasteiger partial charge in [0.25, 0.3) is 0 Å². The number of rotatable bonds is 5. The van der Waals surface area contributed by atoms with Crippen molar-refractivity contribution in [2.75, 3.05) is 19.0 Å². The number of nitrogens with zero attached hydrogens (tertiary/aromatic N) is 2. The second-order valence-electron chi connectivity index (χ2n) is 4.19. The van der Waals surface area contributed by atoms with Gasteiger partial charge in [0.2, 0.25) is 5.95 Å². The molecule has 0 radical (unpaired) electrons. The average molecular weight is 267 g/mol. The molecule has 1 aromatic carbocycles. The summed E-state index contributed by atoms with van der Waals surface area (Å²) in [7, 11) is 1.59. The van der Waals surface area contributed by atoms with E-state index < -0.39 is 11.6 Å². The molecule has 102 valence electrons. The Hall–Kier alpha value is -1.95. The Morgan fingerprint density at radius 3 is 2.95 bits per heavy atom. The average Bonchev–Trinajstić information content (AvgIpc) is 2.81. The monoisotopic (exact) mass is 267 g/mol. The van der Waals surface area contributed by atoms with Crippen LogP contribution in [0.25, 0.3) is 5.69 Å². The van der Waals surface area contributed by atoms with Gasteiger partial charge in [0, 0.05) is 25.5 Å². The number of methoxy groups -OCH3 is 1. The largest absolute Gasteiger partial charge is 0.383 e. The highest BCUT2D eigenvalue weighted by Crippen LogP contribution is 2.20. The van der Waals surface area contributed by atoms with Crippen LogP contribution in [0.15, 0.2) is 30.6 Å². The molecule has 0 aliphatic heterocycles.